The van der Waals surface area contributed by atoms with E-state index >= 15 is 0 Å². The number of hydrogen-bond acceptors (Lipinski definition) is 2. The van der Waals surface area contributed by atoms with E-state index in [2.05, 4.69) is 36.7 Å². The van der Waals surface area contributed by atoms with E-state index < -0.39 is 0 Å². The predicted octanol–water partition coefficient (Wildman–Crippen LogP) is 1.61. The fourth-order valence-corrected chi connectivity index (χ4v) is 2.15. The molecule has 0 saturated carbocycles. The predicted molar refractivity (Wildman–Crippen MR) is 61.0 cm³/mol. The van der Waals surface area contributed by atoms with Crippen LogP contribution >= 0.6 is 0 Å². The van der Waals surface area contributed by atoms with Gasteiger partial charge in [-0.15, -0.1) is 0 Å². The Kier molecular flexibility index (Phi) is 3.12. The van der Waals surface area contributed by atoms with E-state index in [1.54, 1.807) is 0 Å². The number of nitrogens with zero attached hydrogens (tertiary/aromatic N) is 1. The summed E-state index contributed by atoms with van der Waals surface area (Å²) in [5, 5.41) is 3.50. The van der Waals surface area contributed by atoms with Crippen molar-refractivity contribution in [3.63, 3.8) is 0 Å². The molecule has 84 valence electrons. The third kappa shape index (κ3) is 2.08. The van der Waals surface area contributed by atoms with Crippen LogP contribution in [-0.2, 0) is 17.8 Å². The summed E-state index contributed by atoms with van der Waals surface area (Å²) in [6.07, 6.45) is 0. The van der Waals surface area contributed by atoms with E-state index in [9.17, 15) is 0 Å². The zero-order valence-electron chi connectivity index (χ0n) is 9.84. The highest BCUT2D eigenvalue weighted by Crippen LogP contribution is 2.15. The quantitative estimate of drug-likeness (QED) is 0.813. The molecule has 1 saturated heterocycles. The molecule has 0 aliphatic carbocycles. The highest BCUT2D eigenvalue weighted by atomic mass is 16.5. The standard InChI is InChI=1S/C12H20N2O/c1-4-14-9(2)5-11(10(14)3)6-13-12-7-15-8-12/h5,12-13H,4,6-8H2,1-3H3. The van der Waals surface area contributed by atoms with Crippen molar-refractivity contribution in [1.29, 1.82) is 0 Å². The smallest absolute Gasteiger partial charge is 0.0643 e. The van der Waals surface area contributed by atoms with Gasteiger partial charge in [0.1, 0.15) is 0 Å². The molecule has 2 heterocycles. The number of rotatable bonds is 4. The monoisotopic (exact) mass is 208 g/mol. The minimum atomic E-state index is 0.565. The average Bonchev–Trinajstić information content (AvgIpc) is 2.39. The number of hydrogen-bond donors (Lipinski definition) is 1. The van der Waals surface area contributed by atoms with Crippen molar-refractivity contribution in [3.8, 4) is 0 Å². The fourth-order valence-electron chi connectivity index (χ4n) is 2.15. The Bertz CT molecular complexity index is 340. The topological polar surface area (TPSA) is 26.2 Å². The van der Waals surface area contributed by atoms with Crippen molar-refractivity contribution in [2.45, 2.75) is 39.9 Å². The second-order valence-corrected chi connectivity index (χ2v) is 4.26. The minimum Gasteiger partial charge on any atom is -0.378 e. The lowest BCUT2D eigenvalue weighted by atomic mass is 10.2. The average molecular weight is 208 g/mol. The van der Waals surface area contributed by atoms with E-state index in [1.807, 2.05) is 0 Å². The summed E-state index contributed by atoms with van der Waals surface area (Å²) < 4.78 is 7.49. The summed E-state index contributed by atoms with van der Waals surface area (Å²) in [4.78, 5) is 0. The Morgan fingerprint density at radius 1 is 1.47 bits per heavy atom. The lowest BCUT2D eigenvalue weighted by Crippen LogP contribution is -2.45. The largest absolute Gasteiger partial charge is 0.378 e. The van der Waals surface area contributed by atoms with Gasteiger partial charge in [-0.1, -0.05) is 0 Å². The first-order chi connectivity index (χ1) is 7.22. The molecule has 3 nitrogen and oxygen atoms in total. The molecule has 1 fully saturated rings. The van der Waals surface area contributed by atoms with Gasteiger partial charge in [0.15, 0.2) is 0 Å². The number of nitrogens with one attached hydrogen (secondary N) is 1. The lowest BCUT2D eigenvalue weighted by Gasteiger charge is -2.27. The number of aromatic nitrogens is 1. The molecule has 0 radical (unpaired) electrons. The third-order valence-corrected chi connectivity index (χ3v) is 3.21. The van der Waals surface area contributed by atoms with Gasteiger partial charge in [-0.05, 0) is 32.4 Å². The van der Waals surface area contributed by atoms with Crippen LogP contribution in [0, 0.1) is 13.8 Å². The van der Waals surface area contributed by atoms with E-state index in [-0.39, 0.29) is 0 Å². The van der Waals surface area contributed by atoms with Crippen LogP contribution in [0.1, 0.15) is 23.9 Å². The molecule has 0 atom stereocenters. The Morgan fingerprint density at radius 3 is 2.67 bits per heavy atom. The molecule has 1 aromatic heterocycles. The minimum absolute atomic E-state index is 0.565. The van der Waals surface area contributed by atoms with Crippen molar-refractivity contribution in [3.05, 3.63) is 23.0 Å². The molecule has 0 spiro atoms. The fraction of sp³-hybridized carbons (Fsp3) is 0.667. The lowest BCUT2D eigenvalue weighted by molar-refractivity contribution is -0.00580. The first-order valence-corrected chi connectivity index (χ1v) is 5.69. The molecule has 0 aromatic carbocycles. The molecule has 0 unspecified atom stereocenters. The van der Waals surface area contributed by atoms with Crippen LogP contribution in [0.15, 0.2) is 6.07 Å². The Morgan fingerprint density at radius 2 is 2.20 bits per heavy atom. The van der Waals surface area contributed by atoms with Crippen LogP contribution in [0.3, 0.4) is 0 Å². The molecule has 1 N–H and O–H groups in total. The molecule has 3 heteroatoms. The Labute approximate surface area is 91.4 Å². The van der Waals surface area contributed by atoms with Crippen LogP contribution in [0.5, 0.6) is 0 Å². The number of aryl methyl sites for hydroxylation is 1. The molecule has 1 aliphatic rings. The molecular weight excluding hydrogens is 188 g/mol. The normalized spacial score (nSPS) is 16.7. The van der Waals surface area contributed by atoms with E-state index in [0.29, 0.717) is 6.04 Å². The molecular formula is C12H20N2O. The van der Waals surface area contributed by atoms with E-state index in [1.165, 1.54) is 17.0 Å². The summed E-state index contributed by atoms with van der Waals surface area (Å²) in [7, 11) is 0. The van der Waals surface area contributed by atoms with Gasteiger partial charge < -0.3 is 14.6 Å². The summed E-state index contributed by atoms with van der Waals surface area (Å²) in [5.41, 5.74) is 4.17. The summed E-state index contributed by atoms with van der Waals surface area (Å²) in [6, 6.07) is 2.85. The van der Waals surface area contributed by atoms with Crippen LogP contribution in [0.25, 0.3) is 0 Å². The van der Waals surface area contributed by atoms with Crippen molar-refractivity contribution < 1.29 is 4.74 Å². The van der Waals surface area contributed by atoms with Crippen molar-refractivity contribution in [2.24, 2.45) is 0 Å². The van der Waals surface area contributed by atoms with Crippen LogP contribution in [0.4, 0.5) is 0 Å². The maximum Gasteiger partial charge on any atom is 0.0643 e. The zero-order valence-corrected chi connectivity index (χ0v) is 9.84. The third-order valence-electron chi connectivity index (χ3n) is 3.21. The molecule has 2 rings (SSSR count). The second kappa shape index (κ2) is 4.37. The second-order valence-electron chi connectivity index (χ2n) is 4.26. The maximum absolute atomic E-state index is 5.14. The highest BCUT2D eigenvalue weighted by Gasteiger charge is 2.18. The van der Waals surface area contributed by atoms with Crippen LogP contribution < -0.4 is 5.32 Å². The van der Waals surface area contributed by atoms with Gasteiger partial charge in [0.2, 0.25) is 0 Å². The van der Waals surface area contributed by atoms with Crippen molar-refractivity contribution in [2.75, 3.05) is 13.2 Å². The van der Waals surface area contributed by atoms with Gasteiger partial charge >= 0.3 is 0 Å². The van der Waals surface area contributed by atoms with E-state index in [4.69, 9.17) is 4.74 Å². The van der Waals surface area contributed by atoms with Crippen LogP contribution in [-0.4, -0.2) is 23.8 Å². The summed E-state index contributed by atoms with van der Waals surface area (Å²) in [6.45, 7) is 10.3. The van der Waals surface area contributed by atoms with E-state index in [0.717, 1.165) is 26.3 Å². The maximum atomic E-state index is 5.14. The summed E-state index contributed by atoms with van der Waals surface area (Å²) >= 11 is 0. The molecule has 0 bridgehead atoms. The Hall–Kier alpha value is -0.800. The first-order valence-electron chi connectivity index (χ1n) is 5.69. The van der Waals surface area contributed by atoms with Crippen LogP contribution in [0.2, 0.25) is 0 Å². The molecule has 15 heavy (non-hydrogen) atoms. The Balaban J connectivity index is 2.00. The van der Waals surface area contributed by atoms with Gasteiger partial charge in [-0.25, -0.2) is 0 Å². The molecule has 1 aromatic rings. The van der Waals surface area contributed by atoms with Crippen molar-refractivity contribution >= 4 is 0 Å². The zero-order chi connectivity index (χ0) is 10.8. The van der Waals surface area contributed by atoms with Gasteiger partial charge in [0.25, 0.3) is 0 Å². The molecule has 0 amide bonds. The van der Waals surface area contributed by atoms with Gasteiger partial charge in [-0.3, -0.25) is 0 Å². The van der Waals surface area contributed by atoms with Crippen molar-refractivity contribution in [1.82, 2.24) is 9.88 Å². The van der Waals surface area contributed by atoms with Gasteiger partial charge in [0.05, 0.1) is 19.3 Å². The molecule has 1 aliphatic heterocycles. The number of ether oxygens (including phenoxy) is 1. The van der Waals surface area contributed by atoms with Gasteiger partial charge in [-0.2, -0.15) is 0 Å². The van der Waals surface area contributed by atoms with Gasteiger partial charge in [0, 0.05) is 24.5 Å². The highest BCUT2D eigenvalue weighted by molar-refractivity contribution is 5.26. The summed E-state index contributed by atoms with van der Waals surface area (Å²) in [5.74, 6) is 0. The first kappa shape index (κ1) is 10.7. The SMILES string of the molecule is CCn1c(C)cc(CNC2COC2)c1C.